The topological polar surface area (TPSA) is 40.5 Å². The second kappa shape index (κ2) is 5.12. The van der Waals surface area contributed by atoms with Gasteiger partial charge in [-0.3, -0.25) is 4.79 Å². The number of carbonyl (C=O) groups excluding carboxylic acids is 1. The van der Waals surface area contributed by atoms with Gasteiger partial charge in [-0.15, -0.1) is 0 Å². The van der Waals surface area contributed by atoms with Crippen molar-refractivity contribution in [1.29, 1.82) is 0 Å². The van der Waals surface area contributed by atoms with Crippen molar-refractivity contribution in [3.8, 4) is 0 Å². The lowest BCUT2D eigenvalue weighted by atomic mass is 9.48. The minimum atomic E-state index is -0.128. The maximum absolute atomic E-state index is 12.8. The molecule has 0 bridgehead atoms. The molecule has 1 aliphatic carbocycles. The van der Waals surface area contributed by atoms with Gasteiger partial charge in [0.25, 0.3) is 5.91 Å². The Morgan fingerprint density at radius 3 is 2.41 bits per heavy atom. The fraction of sp³-hybridized carbons (Fsp3) is 0.588. The van der Waals surface area contributed by atoms with Crippen molar-refractivity contribution in [3.63, 3.8) is 0 Å². The number of amides is 1. The van der Waals surface area contributed by atoms with Gasteiger partial charge in [-0.25, -0.2) is 0 Å². The Morgan fingerprint density at radius 1 is 1.36 bits per heavy atom. The van der Waals surface area contributed by atoms with Crippen molar-refractivity contribution in [2.24, 2.45) is 16.7 Å². The smallest absolute Gasteiger partial charge is 0.253 e. The van der Waals surface area contributed by atoms with Gasteiger partial charge in [0.1, 0.15) is 0 Å². The summed E-state index contributed by atoms with van der Waals surface area (Å²) in [6, 6.07) is 3.37. The molecule has 2 aliphatic rings. The average Bonchev–Trinajstić information content (AvgIpc) is 2.78. The molecule has 1 heterocycles. The first-order valence-electron chi connectivity index (χ1n) is 7.56. The van der Waals surface area contributed by atoms with Crippen molar-refractivity contribution in [3.05, 3.63) is 33.3 Å². The lowest BCUT2D eigenvalue weighted by Crippen LogP contribution is -2.54. The van der Waals surface area contributed by atoms with Crippen LogP contribution in [0.25, 0.3) is 0 Å². The molecule has 2 atom stereocenters. The molecule has 3 nitrogen and oxygen atoms in total. The Bertz CT molecular complexity index is 621. The maximum Gasteiger partial charge on any atom is 0.253 e. The summed E-state index contributed by atoms with van der Waals surface area (Å²) < 4.78 is 0. The molecule has 1 saturated carbocycles. The Hall–Kier alpha value is -0.770. The van der Waals surface area contributed by atoms with Crippen LogP contribution in [0.4, 0.5) is 0 Å². The Balaban J connectivity index is 1.86. The molecule has 120 valence electrons. The molecule has 1 N–H and O–H groups in total. The van der Waals surface area contributed by atoms with Gasteiger partial charge in [-0.05, 0) is 42.4 Å². The fourth-order valence-corrected chi connectivity index (χ4v) is 4.93. The van der Waals surface area contributed by atoms with E-state index in [1.54, 1.807) is 12.1 Å². The summed E-state index contributed by atoms with van der Waals surface area (Å²) in [7, 11) is 0. The van der Waals surface area contributed by atoms with E-state index in [1.165, 1.54) is 0 Å². The van der Waals surface area contributed by atoms with Crippen LogP contribution >= 0.6 is 23.2 Å². The van der Waals surface area contributed by atoms with Crippen LogP contribution in [0, 0.1) is 23.7 Å². The number of halogens is 2. The second-order valence-electron chi connectivity index (χ2n) is 7.49. The van der Waals surface area contributed by atoms with E-state index in [-0.39, 0.29) is 23.3 Å². The molecule has 22 heavy (non-hydrogen) atoms. The SMILES string of the molecule is Cc1c(Cl)cc(C(=O)N2C[C@@H]3C(C)(C)C[C@]3(CO)C2)cc1Cl. The number of rotatable bonds is 2. The number of aliphatic hydroxyl groups excluding tert-OH is 1. The highest BCUT2D eigenvalue weighted by Crippen LogP contribution is 2.62. The van der Waals surface area contributed by atoms with E-state index in [1.807, 2.05) is 11.8 Å². The molecule has 5 heteroatoms. The highest BCUT2D eigenvalue weighted by Gasteiger charge is 2.63. The van der Waals surface area contributed by atoms with Crippen LogP contribution in [0.5, 0.6) is 0 Å². The maximum atomic E-state index is 12.8. The van der Waals surface area contributed by atoms with Crippen molar-refractivity contribution in [1.82, 2.24) is 4.90 Å². The minimum absolute atomic E-state index is 0.0539. The number of hydrogen-bond donors (Lipinski definition) is 1. The third-order valence-corrected chi connectivity index (χ3v) is 6.31. The summed E-state index contributed by atoms with van der Waals surface area (Å²) in [4.78, 5) is 14.6. The van der Waals surface area contributed by atoms with Crippen molar-refractivity contribution < 1.29 is 9.90 Å². The van der Waals surface area contributed by atoms with Crippen molar-refractivity contribution >= 4 is 29.1 Å². The van der Waals surface area contributed by atoms with Gasteiger partial charge in [0, 0.05) is 34.1 Å². The van der Waals surface area contributed by atoms with E-state index in [2.05, 4.69) is 13.8 Å². The molecule has 0 unspecified atom stereocenters. The normalized spacial score (nSPS) is 29.2. The fourth-order valence-electron chi connectivity index (χ4n) is 4.45. The molecule has 1 saturated heterocycles. The van der Waals surface area contributed by atoms with Crippen molar-refractivity contribution in [2.45, 2.75) is 27.2 Å². The van der Waals surface area contributed by atoms with Crippen molar-refractivity contribution in [2.75, 3.05) is 19.7 Å². The van der Waals surface area contributed by atoms with Gasteiger partial charge in [-0.1, -0.05) is 37.0 Å². The van der Waals surface area contributed by atoms with E-state index in [0.717, 1.165) is 12.0 Å². The number of likely N-dealkylation sites (tertiary alicyclic amines) is 1. The highest BCUT2D eigenvalue weighted by atomic mass is 35.5. The standard InChI is InChI=1S/C17H21Cl2NO2/c1-10-12(18)4-11(5-13(10)19)15(22)20-6-14-16(2,3)7-17(14,8-20)9-21/h4-5,14,21H,6-9H2,1-3H3/t14-,17-/m1/s1. The molecule has 3 rings (SSSR count). The summed E-state index contributed by atoms with van der Waals surface area (Å²) in [6.07, 6.45) is 0.959. The zero-order chi connectivity index (χ0) is 16.3. The largest absolute Gasteiger partial charge is 0.396 e. The molecule has 2 fully saturated rings. The average molecular weight is 342 g/mol. The van der Waals surface area contributed by atoms with Crippen LogP contribution in [0.3, 0.4) is 0 Å². The first kappa shape index (κ1) is 16.1. The first-order chi connectivity index (χ1) is 10.2. The number of nitrogens with zero attached hydrogens (tertiary/aromatic N) is 1. The Kier molecular flexibility index (Phi) is 3.75. The molecule has 0 spiro atoms. The van der Waals surface area contributed by atoms with Crippen LogP contribution < -0.4 is 0 Å². The van der Waals surface area contributed by atoms with Gasteiger partial charge >= 0.3 is 0 Å². The molecular weight excluding hydrogens is 321 g/mol. The summed E-state index contributed by atoms with van der Waals surface area (Å²) in [5, 5.41) is 10.8. The quantitative estimate of drug-likeness (QED) is 0.889. The van der Waals surface area contributed by atoms with E-state index >= 15 is 0 Å². The molecule has 1 aliphatic heterocycles. The minimum Gasteiger partial charge on any atom is -0.396 e. The van der Waals surface area contributed by atoms with E-state index in [4.69, 9.17) is 23.2 Å². The molecule has 1 aromatic carbocycles. The zero-order valence-corrected chi connectivity index (χ0v) is 14.6. The summed E-state index contributed by atoms with van der Waals surface area (Å²) >= 11 is 12.3. The van der Waals surface area contributed by atoms with E-state index in [0.29, 0.717) is 34.6 Å². The lowest BCUT2D eigenvalue weighted by molar-refractivity contribution is -0.0976. The Morgan fingerprint density at radius 2 is 1.95 bits per heavy atom. The van der Waals surface area contributed by atoms with Gasteiger partial charge in [0.05, 0.1) is 6.61 Å². The van der Waals surface area contributed by atoms with Crippen LogP contribution in [0.2, 0.25) is 10.0 Å². The van der Waals surface area contributed by atoms with E-state index < -0.39 is 0 Å². The molecule has 0 aromatic heterocycles. The third kappa shape index (κ3) is 2.26. The highest BCUT2D eigenvalue weighted by molar-refractivity contribution is 6.36. The molecule has 0 radical (unpaired) electrons. The predicted octanol–water partition coefficient (Wildman–Crippen LogP) is 3.78. The molecule has 1 amide bonds. The second-order valence-corrected chi connectivity index (χ2v) is 8.30. The number of carbonyl (C=O) groups is 1. The van der Waals surface area contributed by atoms with Crippen LogP contribution in [-0.4, -0.2) is 35.6 Å². The lowest BCUT2D eigenvalue weighted by Gasteiger charge is -2.55. The first-order valence-corrected chi connectivity index (χ1v) is 8.31. The number of benzene rings is 1. The number of hydrogen-bond acceptors (Lipinski definition) is 2. The number of aliphatic hydroxyl groups is 1. The van der Waals surface area contributed by atoms with Crippen LogP contribution in [0.1, 0.15) is 36.2 Å². The van der Waals surface area contributed by atoms with E-state index in [9.17, 15) is 9.90 Å². The zero-order valence-electron chi connectivity index (χ0n) is 13.1. The summed E-state index contributed by atoms with van der Waals surface area (Å²) in [6.45, 7) is 7.69. The van der Waals surface area contributed by atoms with Gasteiger partial charge in [-0.2, -0.15) is 0 Å². The Labute approximate surface area is 141 Å². The van der Waals surface area contributed by atoms with Gasteiger partial charge in [0.2, 0.25) is 0 Å². The summed E-state index contributed by atoms with van der Waals surface area (Å²) in [5.74, 6) is 0.298. The predicted molar refractivity (Wildman–Crippen MR) is 88.5 cm³/mol. The van der Waals surface area contributed by atoms with Gasteiger partial charge < -0.3 is 10.0 Å². The molecular formula is C17H21Cl2NO2. The monoisotopic (exact) mass is 341 g/mol. The molecule has 1 aromatic rings. The summed E-state index contributed by atoms with van der Waals surface area (Å²) in [5.41, 5.74) is 1.36. The number of fused-ring (bicyclic) bond motifs is 1. The van der Waals surface area contributed by atoms with Gasteiger partial charge in [0.15, 0.2) is 0 Å². The van der Waals surface area contributed by atoms with Crippen LogP contribution in [-0.2, 0) is 0 Å². The van der Waals surface area contributed by atoms with Crippen LogP contribution in [0.15, 0.2) is 12.1 Å². The third-order valence-electron chi connectivity index (χ3n) is 5.53.